The van der Waals surface area contributed by atoms with Gasteiger partial charge in [0.1, 0.15) is 10.6 Å². The van der Waals surface area contributed by atoms with E-state index in [2.05, 4.69) is 21.2 Å². The number of amides is 3. The predicted molar refractivity (Wildman–Crippen MR) is 133 cm³/mol. The molecule has 2 heterocycles. The van der Waals surface area contributed by atoms with Crippen molar-refractivity contribution < 1.29 is 19.1 Å². The molecule has 0 atom stereocenters. The van der Waals surface area contributed by atoms with Gasteiger partial charge in [0.25, 0.3) is 11.8 Å². The minimum absolute atomic E-state index is 0.162. The van der Waals surface area contributed by atoms with Gasteiger partial charge in [-0.15, -0.1) is 11.3 Å². The molecule has 0 aliphatic rings. The number of anilines is 1. The maximum atomic E-state index is 12.6. The monoisotopic (exact) mass is 496 g/mol. The van der Waals surface area contributed by atoms with Crippen molar-refractivity contribution in [3.8, 4) is 5.75 Å². The number of hydrogen-bond donors (Lipinski definition) is 4. The number of hydrogen-bond acceptors (Lipinski definition) is 5. The number of aromatic amines is 1. The number of aromatic nitrogens is 1. The molecule has 3 amide bonds. The molecule has 0 fully saturated rings. The number of rotatable bonds is 6. The smallest absolute Gasteiger partial charge is 0.281 e. The molecule has 4 aromatic rings. The summed E-state index contributed by atoms with van der Waals surface area (Å²) < 4.78 is 6.00. The van der Waals surface area contributed by atoms with Crippen LogP contribution >= 0.6 is 22.9 Å². The first-order valence-corrected chi connectivity index (χ1v) is 11.4. The van der Waals surface area contributed by atoms with Crippen molar-refractivity contribution in [1.29, 1.82) is 0 Å². The number of ether oxygens (including phenoxy) is 1. The first kappa shape index (κ1) is 23.3. The lowest BCUT2D eigenvalue weighted by molar-refractivity contribution is -0.115. The fraction of sp³-hybridized carbons (Fsp3) is 0.125. The number of H-pyrrole nitrogens is 1. The number of hydrazine groups is 1. The van der Waals surface area contributed by atoms with Crippen LogP contribution in [0.1, 0.15) is 31.3 Å². The Bertz CT molecular complexity index is 1380. The van der Waals surface area contributed by atoms with Crippen LogP contribution in [-0.4, -0.2) is 29.8 Å². The number of carbonyl (C=O) groups excluding carboxylic acids is 3. The number of carbonyl (C=O) groups is 3. The Labute approximate surface area is 204 Å². The standard InChI is InChI=1S/C24H21ClN4O4S/c1-13-15(9-10-26-13)11-20(30)27-16-5-3-14(4-6-16)23(31)28-29-24(32)22-21(25)18-8-7-17(33-2)12-19(18)34-22/h3-10,12,26H,11H2,1-2H3,(H,27,30)(H,28,31)(H,29,32). The van der Waals surface area contributed by atoms with Crippen LogP contribution in [0, 0.1) is 6.92 Å². The Kier molecular flexibility index (Phi) is 6.85. The third-order valence-corrected chi connectivity index (χ3v) is 6.84. The molecule has 10 heteroatoms. The fourth-order valence-electron chi connectivity index (χ4n) is 3.32. The Morgan fingerprint density at radius 3 is 2.44 bits per heavy atom. The molecule has 0 unspecified atom stereocenters. The van der Waals surface area contributed by atoms with E-state index in [-0.39, 0.29) is 17.2 Å². The Balaban J connectivity index is 1.34. The number of aryl methyl sites for hydroxylation is 1. The van der Waals surface area contributed by atoms with Gasteiger partial charge in [0, 0.05) is 33.2 Å². The number of nitrogens with one attached hydrogen (secondary N) is 4. The lowest BCUT2D eigenvalue weighted by atomic mass is 10.1. The minimum atomic E-state index is -0.526. The minimum Gasteiger partial charge on any atom is -0.497 e. The van der Waals surface area contributed by atoms with E-state index in [1.807, 2.05) is 13.0 Å². The second-order valence-corrected chi connectivity index (χ2v) is 8.88. The van der Waals surface area contributed by atoms with E-state index in [1.54, 1.807) is 55.8 Å². The summed E-state index contributed by atoms with van der Waals surface area (Å²) in [5.74, 6) is -0.537. The summed E-state index contributed by atoms with van der Waals surface area (Å²) in [7, 11) is 1.56. The van der Waals surface area contributed by atoms with E-state index in [0.717, 1.165) is 21.3 Å². The van der Waals surface area contributed by atoms with Gasteiger partial charge in [0.05, 0.1) is 18.6 Å². The van der Waals surface area contributed by atoms with E-state index in [4.69, 9.17) is 16.3 Å². The van der Waals surface area contributed by atoms with Crippen molar-refractivity contribution >= 4 is 56.4 Å². The van der Waals surface area contributed by atoms with Gasteiger partial charge < -0.3 is 15.0 Å². The van der Waals surface area contributed by atoms with Crippen molar-refractivity contribution in [2.75, 3.05) is 12.4 Å². The van der Waals surface area contributed by atoms with Crippen molar-refractivity contribution in [1.82, 2.24) is 15.8 Å². The van der Waals surface area contributed by atoms with Gasteiger partial charge in [-0.25, -0.2) is 0 Å². The maximum absolute atomic E-state index is 12.6. The zero-order valence-corrected chi connectivity index (χ0v) is 19.9. The summed E-state index contributed by atoms with van der Waals surface area (Å²) in [6.07, 6.45) is 2.03. The van der Waals surface area contributed by atoms with Crippen LogP contribution in [-0.2, 0) is 11.2 Å². The number of fused-ring (bicyclic) bond motifs is 1. The Morgan fingerprint density at radius 2 is 1.76 bits per heavy atom. The number of thiophene rings is 1. The van der Waals surface area contributed by atoms with Crippen molar-refractivity contribution in [3.63, 3.8) is 0 Å². The number of methoxy groups -OCH3 is 1. The fourth-order valence-corrected chi connectivity index (χ4v) is 4.76. The lowest BCUT2D eigenvalue weighted by Crippen LogP contribution is -2.41. The van der Waals surface area contributed by atoms with Crippen molar-refractivity contribution in [2.24, 2.45) is 0 Å². The van der Waals surface area contributed by atoms with Gasteiger partial charge in [-0.1, -0.05) is 11.6 Å². The first-order chi connectivity index (χ1) is 16.4. The second kappa shape index (κ2) is 9.98. The van der Waals surface area contributed by atoms with E-state index < -0.39 is 11.8 Å². The highest BCUT2D eigenvalue weighted by Crippen LogP contribution is 2.37. The second-order valence-electron chi connectivity index (χ2n) is 7.45. The van der Waals surface area contributed by atoms with Gasteiger partial charge >= 0.3 is 0 Å². The molecule has 34 heavy (non-hydrogen) atoms. The highest BCUT2D eigenvalue weighted by atomic mass is 35.5. The molecule has 0 bridgehead atoms. The molecular weight excluding hydrogens is 476 g/mol. The molecule has 0 aliphatic carbocycles. The number of halogens is 1. The van der Waals surface area contributed by atoms with E-state index >= 15 is 0 Å². The van der Waals surface area contributed by atoms with Crippen LogP contribution in [0.5, 0.6) is 5.75 Å². The molecule has 8 nitrogen and oxygen atoms in total. The summed E-state index contributed by atoms with van der Waals surface area (Å²) in [6.45, 7) is 1.90. The summed E-state index contributed by atoms with van der Waals surface area (Å²) in [4.78, 5) is 40.6. The zero-order chi connectivity index (χ0) is 24.2. The van der Waals surface area contributed by atoms with E-state index in [9.17, 15) is 14.4 Å². The molecule has 0 saturated carbocycles. The molecule has 0 spiro atoms. The molecular formula is C24H21ClN4O4S. The highest BCUT2D eigenvalue weighted by Gasteiger charge is 2.18. The topological polar surface area (TPSA) is 112 Å². The van der Waals surface area contributed by atoms with E-state index in [1.165, 1.54) is 11.3 Å². The van der Waals surface area contributed by atoms with Crippen LogP contribution in [0.2, 0.25) is 5.02 Å². The molecule has 4 rings (SSSR count). The quantitative estimate of drug-likeness (QED) is 0.295. The molecule has 0 radical (unpaired) electrons. The summed E-state index contributed by atoms with van der Waals surface area (Å²) >= 11 is 7.55. The first-order valence-electron chi connectivity index (χ1n) is 10.2. The molecule has 0 saturated heterocycles. The molecule has 174 valence electrons. The Hall–Kier alpha value is -3.82. The van der Waals surface area contributed by atoms with Crippen LogP contribution < -0.4 is 20.9 Å². The summed E-state index contributed by atoms with van der Waals surface area (Å²) in [6, 6.07) is 13.5. The molecule has 4 N–H and O–H groups in total. The zero-order valence-electron chi connectivity index (χ0n) is 18.3. The average molecular weight is 497 g/mol. The highest BCUT2D eigenvalue weighted by molar-refractivity contribution is 7.21. The van der Waals surface area contributed by atoms with Crippen LogP contribution in [0.15, 0.2) is 54.7 Å². The van der Waals surface area contributed by atoms with Crippen LogP contribution in [0.25, 0.3) is 10.1 Å². The van der Waals surface area contributed by atoms with Gasteiger partial charge in [0.15, 0.2) is 0 Å². The third kappa shape index (κ3) is 5.05. The third-order valence-electron chi connectivity index (χ3n) is 5.18. The largest absolute Gasteiger partial charge is 0.497 e. The average Bonchev–Trinajstić information content (AvgIpc) is 3.39. The number of benzene rings is 2. The lowest BCUT2D eigenvalue weighted by Gasteiger charge is -2.08. The summed E-state index contributed by atoms with van der Waals surface area (Å²) in [5.41, 5.74) is 7.51. The maximum Gasteiger partial charge on any atom is 0.281 e. The molecule has 0 aliphatic heterocycles. The van der Waals surface area contributed by atoms with Crippen LogP contribution in [0.3, 0.4) is 0 Å². The van der Waals surface area contributed by atoms with Crippen molar-refractivity contribution in [2.45, 2.75) is 13.3 Å². The normalized spacial score (nSPS) is 10.7. The molecule has 2 aromatic heterocycles. The summed E-state index contributed by atoms with van der Waals surface area (Å²) in [5, 5.41) is 3.84. The van der Waals surface area contributed by atoms with Gasteiger partial charge in [0.2, 0.25) is 5.91 Å². The van der Waals surface area contributed by atoms with Gasteiger partial charge in [-0.3, -0.25) is 25.2 Å². The Morgan fingerprint density at radius 1 is 1.03 bits per heavy atom. The molecule has 2 aromatic carbocycles. The van der Waals surface area contributed by atoms with Gasteiger partial charge in [-0.05, 0) is 61.0 Å². The van der Waals surface area contributed by atoms with Crippen LogP contribution in [0.4, 0.5) is 5.69 Å². The van der Waals surface area contributed by atoms with E-state index in [0.29, 0.717) is 22.0 Å². The predicted octanol–water partition coefficient (Wildman–Crippen LogP) is 4.46. The van der Waals surface area contributed by atoms with Gasteiger partial charge in [-0.2, -0.15) is 0 Å². The SMILES string of the molecule is COc1ccc2c(Cl)c(C(=O)NNC(=O)c3ccc(NC(=O)Cc4cc[nH]c4C)cc3)sc2c1. The van der Waals surface area contributed by atoms with Crippen molar-refractivity contribution in [3.05, 3.63) is 81.4 Å².